The van der Waals surface area contributed by atoms with Crippen molar-refractivity contribution in [1.29, 1.82) is 0 Å². The van der Waals surface area contributed by atoms with E-state index in [1.54, 1.807) is 6.07 Å². The second-order valence-electron chi connectivity index (χ2n) is 6.23. The number of hydrogen-bond donors (Lipinski definition) is 1. The van der Waals surface area contributed by atoms with Gasteiger partial charge in [0, 0.05) is 48.5 Å². The molecule has 1 aliphatic heterocycles. The highest BCUT2D eigenvalue weighted by atomic mass is 35.5. The first-order valence-electron chi connectivity index (χ1n) is 8.21. The van der Waals surface area contributed by atoms with Crippen molar-refractivity contribution >= 4 is 34.6 Å². The summed E-state index contributed by atoms with van der Waals surface area (Å²) in [6.45, 7) is 4.72. The summed E-state index contributed by atoms with van der Waals surface area (Å²) in [7, 11) is 0. The van der Waals surface area contributed by atoms with Crippen molar-refractivity contribution in [3.8, 4) is 0 Å². The predicted molar refractivity (Wildman–Crippen MR) is 102 cm³/mol. The summed E-state index contributed by atoms with van der Waals surface area (Å²) < 4.78 is 0. The number of nitro groups is 1. The van der Waals surface area contributed by atoms with Crippen molar-refractivity contribution in [3.63, 3.8) is 0 Å². The van der Waals surface area contributed by atoms with Gasteiger partial charge < -0.3 is 15.5 Å². The second-order valence-corrected chi connectivity index (χ2v) is 6.67. The normalized spacial score (nSPS) is 14.4. The quantitative estimate of drug-likeness (QED) is 0.656. The summed E-state index contributed by atoms with van der Waals surface area (Å²) in [5.41, 5.74) is 7.98. The number of aryl methyl sites for hydroxylation is 1. The Morgan fingerprint density at radius 1 is 1.08 bits per heavy atom. The molecule has 26 heavy (non-hydrogen) atoms. The highest BCUT2D eigenvalue weighted by Gasteiger charge is 2.25. The smallest absolute Gasteiger partial charge is 0.293 e. The number of carbonyl (C=O) groups excluding carboxylic acids is 1. The Hall–Kier alpha value is -2.80. The number of primary amides is 1. The Balaban J connectivity index is 1.81. The van der Waals surface area contributed by atoms with E-state index >= 15 is 0 Å². The molecule has 0 saturated carbocycles. The molecule has 3 rings (SSSR count). The van der Waals surface area contributed by atoms with E-state index in [1.807, 2.05) is 30.0 Å². The van der Waals surface area contributed by atoms with Crippen LogP contribution in [-0.4, -0.2) is 37.0 Å². The van der Waals surface area contributed by atoms with Crippen LogP contribution in [0.25, 0.3) is 0 Å². The van der Waals surface area contributed by atoms with Gasteiger partial charge in [-0.15, -0.1) is 0 Å². The molecule has 1 heterocycles. The topological polar surface area (TPSA) is 92.7 Å². The number of amides is 1. The number of piperazine rings is 1. The Labute approximate surface area is 156 Å². The Bertz CT molecular complexity index is 864. The van der Waals surface area contributed by atoms with Gasteiger partial charge in [-0.1, -0.05) is 17.7 Å². The molecule has 8 heteroatoms. The van der Waals surface area contributed by atoms with Gasteiger partial charge >= 0.3 is 0 Å². The zero-order valence-electron chi connectivity index (χ0n) is 14.3. The number of benzene rings is 2. The molecule has 7 nitrogen and oxygen atoms in total. The summed E-state index contributed by atoms with van der Waals surface area (Å²) in [5.74, 6) is -0.680. The van der Waals surface area contributed by atoms with Crippen LogP contribution in [0.15, 0.2) is 36.4 Å². The van der Waals surface area contributed by atoms with Crippen LogP contribution in [0.3, 0.4) is 0 Å². The van der Waals surface area contributed by atoms with E-state index in [9.17, 15) is 14.9 Å². The molecule has 0 unspecified atom stereocenters. The molecule has 1 fully saturated rings. The first-order chi connectivity index (χ1) is 12.4. The molecule has 0 aliphatic carbocycles. The summed E-state index contributed by atoms with van der Waals surface area (Å²) in [4.78, 5) is 26.4. The fraction of sp³-hybridized carbons (Fsp3) is 0.278. The van der Waals surface area contributed by atoms with E-state index in [0.29, 0.717) is 23.8 Å². The minimum Gasteiger partial charge on any atom is -0.368 e. The summed E-state index contributed by atoms with van der Waals surface area (Å²) in [6, 6.07) is 10.1. The van der Waals surface area contributed by atoms with Gasteiger partial charge in [0.25, 0.3) is 5.69 Å². The van der Waals surface area contributed by atoms with Crippen LogP contribution in [0.1, 0.15) is 15.9 Å². The fourth-order valence-electron chi connectivity index (χ4n) is 3.20. The SMILES string of the molecule is Cc1ccc(Cl)cc1N1CCN(c2ccc(C(N)=O)cc2[N+](=O)[O-])CC1. The third kappa shape index (κ3) is 3.57. The molecule has 0 atom stereocenters. The third-order valence-electron chi connectivity index (χ3n) is 4.59. The highest BCUT2D eigenvalue weighted by molar-refractivity contribution is 6.30. The molecular formula is C18H19ClN4O3. The molecule has 1 aliphatic rings. The van der Waals surface area contributed by atoms with Gasteiger partial charge in [0.1, 0.15) is 5.69 Å². The predicted octanol–water partition coefficient (Wildman–Crippen LogP) is 2.98. The highest BCUT2D eigenvalue weighted by Crippen LogP contribution is 2.31. The molecule has 0 radical (unpaired) electrons. The van der Waals surface area contributed by atoms with E-state index in [-0.39, 0.29) is 11.3 Å². The zero-order valence-corrected chi connectivity index (χ0v) is 15.1. The molecule has 2 aromatic carbocycles. The fourth-order valence-corrected chi connectivity index (χ4v) is 3.37. The van der Waals surface area contributed by atoms with Crippen LogP contribution >= 0.6 is 11.6 Å². The van der Waals surface area contributed by atoms with Crippen LogP contribution < -0.4 is 15.5 Å². The molecule has 1 saturated heterocycles. The van der Waals surface area contributed by atoms with Crippen molar-refractivity contribution in [2.24, 2.45) is 5.73 Å². The first kappa shape index (κ1) is 18.0. The van der Waals surface area contributed by atoms with E-state index < -0.39 is 10.8 Å². The van der Waals surface area contributed by atoms with Crippen molar-refractivity contribution in [2.75, 3.05) is 36.0 Å². The maximum Gasteiger partial charge on any atom is 0.293 e. The second kappa shape index (κ2) is 7.21. The Kier molecular flexibility index (Phi) is 4.99. The molecule has 0 aromatic heterocycles. The minimum atomic E-state index is -0.680. The van der Waals surface area contributed by atoms with Crippen LogP contribution in [0, 0.1) is 17.0 Å². The summed E-state index contributed by atoms with van der Waals surface area (Å²) in [6.07, 6.45) is 0. The van der Waals surface area contributed by atoms with E-state index in [2.05, 4.69) is 4.90 Å². The molecule has 2 aromatic rings. The summed E-state index contributed by atoms with van der Waals surface area (Å²) >= 11 is 6.11. The van der Waals surface area contributed by atoms with E-state index in [0.717, 1.165) is 24.3 Å². The van der Waals surface area contributed by atoms with Gasteiger partial charge in [-0.3, -0.25) is 14.9 Å². The van der Waals surface area contributed by atoms with E-state index in [1.165, 1.54) is 12.1 Å². The Morgan fingerprint density at radius 2 is 1.69 bits per heavy atom. The number of rotatable bonds is 4. The lowest BCUT2D eigenvalue weighted by molar-refractivity contribution is -0.384. The zero-order chi connectivity index (χ0) is 18.8. The van der Waals surface area contributed by atoms with Crippen molar-refractivity contribution in [3.05, 3.63) is 62.7 Å². The number of anilines is 2. The lowest BCUT2D eigenvalue weighted by Crippen LogP contribution is -2.47. The Morgan fingerprint density at radius 3 is 2.27 bits per heavy atom. The van der Waals surface area contributed by atoms with Gasteiger partial charge in [-0.2, -0.15) is 0 Å². The molecular weight excluding hydrogens is 356 g/mol. The van der Waals surface area contributed by atoms with Gasteiger partial charge in [-0.25, -0.2) is 0 Å². The third-order valence-corrected chi connectivity index (χ3v) is 4.82. The molecule has 0 spiro atoms. The van der Waals surface area contributed by atoms with Gasteiger partial charge in [0.2, 0.25) is 5.91 Å². The number of nitrogens with zero attached hydrogens (tertiary/aromatic N) is 3. The lowest BCUT2D eigenvalue weighted by Gasteiger charge is -2.37. The van der Waals surface area contributed by atoms with Crippen molar-refractivity contribution < 1.29 is 9.72 Å². The maximum atomic E-state index is 11.4. The van der Waals surface area contributed by atoms with Crippen LogP contribution in [0.2, 0.25) is 5.02 Å². The number of hydrogen-bond acceptors (Lipinski definition) is 5. The maximum absolute atomic E-state index is 11.4. The van der Waals surface area contributed by atoms with Gasteiger partial charge in [0.05, 0.1) is 4.92 Å². The standard InChI is InChI=1S/C18H19ClN4O3/c1-12-2-4-14(19)11-16(12)22-8-6-21(7-9-22)15-5-3-13(18(20)24)10-17(15)23(25)26/h2-5,10-11H,6-9H2,1H3,(H2,20,24). The number of nitro benzene ring substituents is 1. The van der Waals surface area contributed by atoms with Gasteiger partial charge in [-0.05, 0) is 36.8 Å². The first-order valence-corrected chi connectivity index (χ1v) is 8.59. The monoisotopic (exact) mass is 374 g/mol. The number of carbonyl (C=O) groups is 1. The van der Waals surface area contributed by atoms with Crippen molar-refractivity contribution in [1.82, 2.24) is 0 Å². The average molecular weight is 375 g/mol. The minimum absolute atomic E-state index is 0.103. The number of nitrogens with two attached hydrogens (primary N) is 1. The van der Waals surface area contributed by atoms with Gasteiger partial charge in [0.15, 0.2) is 0 Å². The molecule has 0 bridgehead atoms. The largest absolute Gasteiger partial charge is 0.368 e. The molecule has 2 N–H and O–H groups in total. The van der Waals surface area contributed by atoms with E-state index in [4.69, 9.17) is 17.3 Å². The van der Waals surface area contributed by atoms with Crippen LogP contribution in [0.4, 0.5) is 17.1 Å². The number of halogens is 1. The average Bonchev–Trinajstić information content (AvgIpc) is 2.63. The lowest BCUT2D eigenvalue weighted by atomic mass is 10.1. The summed E-state index contributed by atoms with van der Waals surface area (Å²) in [5, 5.41) is 12.1. The molecule has 136 valence electrons. The van der Waals surface area contributed by atoms with Crippen LogP contribution in [0.5, 0.6) is 0 Å². The molecule has 1 amide bonds. The van der Waals surface area contributed by atoms with Crippen LogP contribution in [-0.2, 0) is 0 Å². The van der Waals surface area contributed by atoms with Crippen molar-refractivity contribution in [2.45, 2.75) is 6.92 Å².